The maximum Gasteiger partial charge on any atom is 0.416 e. The number of benzene rings is 2. The van der Waals surface area contributed by atoms with Gasteiger partial charge in [0.05, 0.1) is 41.3 Å². The van der Waals surface area contributed by atoms with Gasteiger partial charge in [-0.15, -0.1) is 0 Å². The van der Waals surface area contributed by atoms with E-state index >= 15 is 0 Å². The van der Waals surface area contributed by atoms with E-state index in [0.717, 1.165) is 19.2 Å². The van der Waals surface area contributed by atoms with Gasteiger partial charge in [0.1, 0.15) is 10.6 Å². The van der Waals surface area contributed by atoms with Crippen molar-refractivity contribution < 1.29 is 35.9 Å². The van der Waals surface area contributed by atoms with Crippen molar-refractivity contribution in [2.24, 2.45) is 0 Å². The SMILES string of the molecule is CCOc1cc2nc(-c3cccc(C(F)(F)F)c3)c(C)c(C(=O)OC)c2cc1S(=O)(=O)C(C)C. The van der Waals surface area contributed by atoms with Gasteiger partial charge in [0, 0.05) is 17.0 Å². The van der Waals surface area contributed by atoms with Crippen molar-refractivity contribution in [3.63, 3.8) is 0 Å². The number of rotatable bonds is 6. The molecule has 0 saturated carbocycles. The molecule has 1 heterocycles. The van der Waals surface area contributed by atoms with Gasteiger partial charge in [-0.2, -0.15) is 13.2 Å². The predicted molar refractivity (Wildman–Crippen MR) is 122 cm³/mol. The Morgan fingerprint density at radius 2 is 1.82 bits per heavy atom. The number of hydrogen-bond acceptors (Lipinski definition) is 6. The number of halogens is 3. The zero-order valence-corrected chi connectivity index (χ0v) is 20.1. The van der Waals surface area contributed by atoms with Gasteiger partial charge in [-0.05, 0) is 51.5 Å². The number of methoxy groups -OCH3 is 1. The largest absolute Gasteiger partial charge is 0.492 e. The summed E-state index contributed by atoms with van der Waals surface area (Å²) in [5.41, 5.74) is -0.111. The number of alkyl halides is 3. The lowest BCUT2D eigenvalue weighted by atomic mass is 9.96. The summed E-state index contributed by atoms with van der Waals surface area (Å²) in [4.78, 5) is 17.2. The van der Waals surface area contributed by atoms with Crippen LogP contribution in [0.1, 0.15) is 42.3 Å². The lowest BCUT2D eigenvalue weighted by Crippen LogP contribution is -2.16. The van der Waals surface area contributed by atoms with E-state index in [9.17, 15) is 26.4 Å². The zero-order chi connectivity index (χ0) is 25.4. The Morgan fingerprint density at radius 1 is 1.15 bits per heavy atom. The number of carbonyl (C=O) groups excluding carboxylic acids is 1. The molecule has 0 atom stereocenters. The molecule has 3 rings (SSSR count). The number of hydrogen-bond donors (Lipinski definition) is 0. The molecule has 6 nitrogen and oxygen atoms in total. The molecular weight excluding hydrogens is 471 g/mol. The first kappa shape index (κ1) is 25.5. The van der Waals surface area contributed by atoms with Crippen LogP contribution in [-0.2, 0) is 20.8 Å². The molecule has 0 aliphatic heterocycles. The third-order valence-electron chi connectivity index (χ3n) is 5.37. The van der Waals surface area contributed by atoms with Gasteiger partial charge in [0.2, 0.25) is 0 Å². The third kappa shape index (κ3) is 4.59. The molecule has 0 spiro atoms. The number of sulfone groups is 1. The molecule has 0 bridgehead atoms. The highest BCUT2D eigenvalue weighted by Crippen LogP contribution is 2.38. The maximum atomic E-state index is 13.3. The molecule has 34 heavy (non-hydrogen) atoms. The van der Waals surface area contributed by atoms with Gasteiger partial charge in [0.15, 0.2) is 9.84 Å². The van der Waals surface area contributed by atoms with E-state index in [-0.39, 0.29) is 50.5 Å². The second kappa shape index (κ2) is 9.25. The molecule has 0 N–H and O–H groups in total. The molecule has 2 aromatic carbocycles. The fraction of sp³-hybridized carbons (Fsp3) is 0.333. The molecule has 182 valence electrons. The van der Waals surface area contributed by atoms with E-state index in [4.69, 9.17) is 9.47 Å². The van der Waals surface area contributed by atoms with Crippen molar-refractivity contribution in [1.82, 2.24) is 4.98 Å². The Morgan fingerprint density at radius 3 is 2.38 bits per heavy atom. The van der Waals surface area contributed by atoms with Crippen molar-refractivity contribution >= 4 is 26.7 Å². The van der Waals surface area contributed by atoms with Crippen LogP contribution < -0.4 is 4.74 Å². The Balaban J connectivity index is 2.44. The quantitative estimate of drug-likeness (QED) is 0.414. The lowest BCUT2D eigenvalue weighted by Gasteiger charge is -2.18. The van der Waals surface area contributed by atoms with Crippen LogP contribution in [0.15, 0.2) is 41.3 Å². The van der Waals surface area contributed by atoms with E-state index in [1.807, 2.05) is 0 Å². The van der Waals surface area contributed by atoms with Crippen LogP contribution in [-0.4, -0.2) is 38.3 Å². The van der Waals surface area contributed by atoms with E-state index in [1.54, 1.807) is 6.92 Å². The minimum absolute atomic E-state index is 0.0168. The van der Waals surface area contributed by atoms with Crippen molar-refractivity contribution in [3.05, 3.63) is 53.1 Å². The number of esters is 1. The number of aromatic nitrogens is 1. The molecule has 10 heteroatoms. The summed E-state index contributed by atoms with van der Waals surface area (Å²) in [5, 5.41) is -0.563. The normalized spacial score (nSPS) is 12.3. The highest BCUT2D eigenvalue weighted by atomic mass is 32.2. The summed E-state index contributed by atoms with van der Waals surface area (Å²) in [6, 6.07) is 7.30. The first-order chi connectivity index (χ1) is 15.8. The summed E-state index contributed by atoms with van der Waals surface area (Å²) in [7, 11) is -2.63. The van der Waals surface area contributed by atoms with Crippen LogP contribution in [0.5, 0.6) is 5.75 Å². The average Bonchev–Trinajstić information content (AvgIpc) is 2.77. The summed E-state index contributed by atoms with van der Waals surface area (Å²) in [5.74, 6) is -0.721. The Kier molecular flexibility index (Phi) is 6.93. The second-order valence-electron chi connectivity index (χ2n) is 7.87. The van der Waals surface area contributed by atoms with Gasteiger partial charge >= 0.3 is 12.1 Å². The molecule has 0 fully saturated rings. The van der Waals surface area contributed by atoms with Gasteiger partial charge in [-0.3, -0.25) is 0 Å². The van der Waals surface area contributed by atoms with Crippen LogP contribution in [0.4, 0.5) is 13.2 Å². The van der Waals surface area contributed by atoms with Gasteiger partial charge in [-0.25, -0.2) is 18.2 Å². The minimum Gasteiger partial charge on any atom is -0.492 e. The van der Waals surface area contributed by atoms with Crippen molar-refractivity contribution in [1.29, 1.82) is 0 Å². The number of carbonyl (C=O) groups is 1. The molecule has 0 aliphatic rings. The fourth-order valence-electron chi connectivity index (χ4n) is 3.60. The van der Waals surface area contributed by atoms with Crippen molar-refractivity contribution in [3.8, 4) is 17.0 Å². The van der Waals surface area contributed by atoms with Crippen LogP contribution >= 0.6 is 0 Å². The summed E-state index contributed by atoms with van der Waals surface area (Å²) in [6.07, 6.45) is -4.56. The molecule has 3 aromatic rings. The first-order valence-electron chi connectivity index (χ1n) is 10.4. The standard InChI is InChI=1S/C24H24F3NO5S/c1-6-33-19-12-18-17(11-20(19)34(30,31)13(2)3)21(23(29)32-5)14(4)22(28-18)15-8-7-9-16(10-15)24(25,26)27/h7-13H,6H2,1-5H3. The molecular formula is C24H24F3NO5S. The van der Waals surface area contributed by atoms with E-state index in [2.05, 4.69) is 4.98 Å². The Labute approximate surface area is 195 Å². The van der Waals surface area contributed by atoms with Gasteiger partial charge in [-0.1, -0.05) is 12.1 Å². The summed E-state index contributed by atoms with van der Waals surface area (Å²) >= 11 is 0. The fourth-order valence-corrected chi connectivity index (χ4v) is 4.79. The summed E-state index contributed by atoms with van der Waals surface area (Å²) in [6.45, 7) is 6.43. The zero-order valence-electron chi connectivity index (χ0n) is 19.3. The van der Waals surface area contributed by atoms with E-state index in [1.165, 1.54) is 45.0 Å². The van der Waals surface area contributed by atoms with Crippen molar-refractivity contribution in [2.75, 3.05) is 13.7 Å². The highest BCUT2D eigenvalue weighted by Gasteiger charge is 2.31. The van der Waals surface area contributed by atoms with Crippen LogP contribution in [0.3, 0.4) is 0 Å². The highest BCUT2D eigenvalue weighted by molar-refractivity contribution is 7.92. The molecule has 0 unspecified atom stereocenters. The van der Waals surface area contributed by atoms with E-state index in [0.29, 0.717) is 0 Å². The second-order valence-corrected chi connectivity index (χ2v) is 10.3. The monoisotopic (exact) mass is 495 g/mol. The smallest absolute Gasteiger partial charge is 0.416 e. The molecule has 1 aromatic heterocycles. The third-order valence-corrected chi connectivity index (χ3v) is 7.55. The van der Waals surface area contributed by atoms with Gasteiger partial charge in [0.25, 0.3) is 0 Å². The van der Waals surface area contributed by atoms with Gasteiger partial charge < -0.3 is 9.47 Å². The first-order valence-corrected chi connectivity index (χ1v) is 12.0. The average molecular weight is 496 g/mol. The van der Waals surface area contributed by atoms with Crippen LogP contribution in [0, 0.1) is 6.92 Å². The molecule has 0 radical (unpaired) electrons. The summed E-state index contributed by atoms with van der Waals surface area (Å²) < 4.78 is 76.4. The number of ether oxygens (including phenoxy) is 2. The molecule has 0 aliphatic carbocycles. The lowest BCUT2D eigenvalue weighted by molar-refractivity contribution is -0.137. The Bertz CT molecular complexity index is 1370. The van der Waals surface area contributed by atoms with Crippen molar-refractivity contribution in [2.45, 2.75) is 44.0 Å². The number of nitrogens with zero attached hydrogens (tertiary/aromatic N) is 1. The topological polar surface area (TPSA) is 82.6 Å². The number of pyridine rings is 1. The maximum absolute atomic E-state index is 13.3. The molecule has 0 saturated heterocycles. The minimum atomic E-state index is -4.56. The van der Waals surface area contributed by atoms with E-state index < -0.39 is 32.8 Å². The van der Waals surface area contributed by atoms with Crippen LogP contribution in [0.2, 0.25) is 0 Å². The molecule has 0 amide bonds. The Hall–Kier alpha value is -3.14. The number of fused-ring (bicyclic) bond motifs is 1. The van der Waals surface area contributed by atoms with Crippen LogP contribution in [0.25, 0.3) is 22.2 Å². The predicted octanol–water partition coefficient (Wildman–Crippen LogP) is 5.60.